The molecular formula is C12H9N3. The minimum Gasteiger partial charge on any atom is -0.398 e. The van der Waals surface area contributed by atoms with Gasteiger partial charge in [-0.25, -0.2) is 0 Å². The largest absolute Gasteiger partial charge is 0.398 e. The van der Waals surface area contributed by atoms with Crippen molar-refractivity contribution in [2.24, 2.45) is 0 Å². The summed E-state index contributed by atoms with van der Waals surface area (Å²) in [5.74, 6) is 0. The lowest BCUT2D eigenvalue weighted by molar-refractivity contribution is 1.39. The standard InChI is InChI=1S/C12H9N3/c13-9-5-7-14-10-4-3-8-2-1-6-15-12(8)11(9)10/h1-7H,(H2,13,14). The van der Waals surface area contributed by atoms with Gasteiger partial charge >= 0.3 is 0 Å². The summed E-state index contributed by atoms with van der Waals surface area (Å²) in [4.78, 5) is 8.62. The molecule has 2 aromatic heterocycles. The van der Waals surface area contributed by atoms with Crippen LogP contribution in [0.25, 0.3) is 21.8 Å². The number of aromatic nitrogens is 2. The first-order valence-corrected chi connectivity index (χ1v) is 4.74. The number of fused-ring (bicyclic) bond motifs is 3. The van der Waals surface area contributed by atoms with Crippen LogP contribution in [-0.2, 0) is 0 Å². The Balaban J connectivity index is 2.64. The molecule has 2 N–H and O–H groups in total. The highest BCUT2D eigenvalue weighted by atomic mass is 14.7. The smallest absolute Gasteiger partial charge is 0.0816 e. The lowest BCUT2D eigenvalue weighted by Crippen LogP contribution is -1.90. The van der Waals surface area contributed by atoms with Crippen LogP contribution >= 0.6 is 0 Å². The highest BCUT2D eigenvalue weighted by Crippen LogP contribution is 2.26. The third kappa shape index (κ3) is 1.13. The summed E-state index contributed by atoms with van der Waals surface area (Å²) in [6, 6.07) is 9.72. The molecule has 3 aromatic rings. The summed E-state index contributed by atoms with van der Waals surface area (Å²) < 4.78 is 0. The number of nitrogens with zero attached hydrogens (tertiary/aromatic N) is 2. The summed E-state index contributed by atoms with van der Waals surface area (Å²) in [7, 11) is 0. The first kappa shape index (κ1) is 8.17. The average molecular weight is 195 g/mol. The zero-order chi connectivity index (χ0) is 10.3. The number of benzene rings is 1. The van der Waals surface area contributed by atoms with Crippen molar-refractivity contribution in [1.82, 2.24) is 9.97 Å². The van der Waals surface area contributed by atoms with Crippen LogP contribution in [0.4, 0.5) is 5.69 Å². The average Bonchev–Trinajstić information content (AvgIpc) is 2.29. The van der Waals surface area contributed by atoms with E-state index in [-0.39, 0.29) is 0 Å². The van der Waals surface area contributed by atoms with E-state index in [4.69, 9.17) is 5.73 Å². The maximum atomic E-state index is 5.94. The van der Waals surface area contributed by atoms with Gasteiger partial charge in [0, 0.05) is 28.9 Å². The van der Waals surface area contributed by atoms with Gasteiger partial charge in [-0.3, -0.25) is 9.97 Å². The van der Waals surface area contributed by atoms with Crippen molar-refractivity contribution in [1.29, 1.82) is 0 Å². The van der Waals surface area contributed by atoms with E-state index in [1.807, 2.05) is 24.3 Å². The summed E-state index contributed by atoms with van der Waals surface area (Å²) >= 11 is 0. The Kier molecular flexibility index (Phi) is 1.59. The molecular weight excluding hydrogens is 186 g/mol. The number of hydrogen-bond donors (Lipinski definition) is 1. The minimum absolute atomic E-state index is 0.726. The van der Waals surface area contributed by atoms with Crippen LogP contribution in [0.1, 0.15) is 0 Å². The van der Waals surface area contributed by atoms with Crippen LogP contribution in [0.15, 0.2) is 42.7 Å². The molecule has 0 bridgehead atoms. The molecule has 3 rings (SSSR count). The fraction of sp³-hybridized carbons (Fsp3) is 0. The fourth-order valence-electron chi connectivity index (χ4n) is 1.81. The Bertz CT molecular complexity index is 646. The van der Waals surface area contributed by atoms with Crippen LogP contribution in [0, 0.1) is 0 Å². The molecule has 0 fully saturated rings. The quantitative estimate of drug-likeness (QED) is 0.560. The first-order chi connectivity index (χ1) is 7.36. The van der Waals surface area contributed by atoms with Crippen molar-refractivity contribution in [2.75, 3.05) is 5.73 Å². The Hall–Kier alpha value is -2.16. The van der Waals surface area contributed by atoms with E-state index in [2.05, 4.69) is 9.97 Å². The monoisotopic (exact) mass is 195 g/mol. The normalized spacial score (nSPS) is 10.9. The number of pyridine rings is 2. The Morgan fingerprint density at radius 1 is 0.933 bits per heavy atom. The van der Waals surface area contributed by atoms with Crippen molar-refractivity contribution < 1.29 is 0 Å². The zero-order valence-electron chi connectivity index (χ0n) is 8.01. The minimum atomic E-state index is 0.726. The molecule has 0 amide bonds. The molecule has 0 aliphatic heterocycles. The van der Waals surface area contributed by atoms with Crippen LogP contribution in [-0.4, -0.2) is 9.97 Å². The van der Waals surface area contributed by atoms with Crippen molar-refractivity contribution in [3.8, 4) is 0 Å². The van der Waals surface area contributed by atoms with E-state index in [0.717, 1.165) is 27.5 Å². The molecule has 72 valence electrons. The molecule has 0 saturated carbocycles. The number of hydrogen-bond acceptors (Lipinski definition) is 3. The van der Waals surface area contributed by atoms with Gasteiger partial charge in [0.1, 0.15) is 0 Å². The van der Waals surface area contributed by atoms with Crippen molar-refractivity contribution in [3.63, 3.8) is 0 Å². The lowest BCUT2D eigenvalue weighted by Gasteiger charge is -2.04. The summed E-state index contributed by atoms with van der Waals surface area (Å²) in [6.07, 6.45) is 3.49. The molecule has 0 aliphatic rings. The predicted octanol–water partition coefficient (Wildman–Crippen LogP) is 2.37. The molecule has 0 saturated heterocycles. The summed E-state index contributed by atoms with van der Waals surface area (Å²) in [5.41, 5.74) is 8.48. The van der Waals surface area contributed by atoms with Gasteiger partial charge in [-0.05, 0) is 18.2 Å². The van der Waals surface area contributed by atoms with Crippen LogP contribution in [0.3, 0.4) is 0 Å². The van der Waals surface area contributed by atoms with Gasteiger partial charge in [-0.1, -0.05) is 12.1 Å². The topological polar surface area (TPSA) is 51.8 Å². The second-order valence-corrected chi connectivity index (χ2v) is 3.43. The predicted molar refractivity (Wildman–Crippen MR) is 61.5 cm³/mol. The molecule has 3 heteroatoms. The maximum absolute atomic E-state index is 5.94. The lowest BCUT2D eigenvalue weighted by atomic mass is 10.1. The number of nitrogens with two attached hydrogens (primary N) is 1. The third-order valence-corrected chi connectivity index (χ3v) is 2.51. The fourth-order valence-corrected chi connectivity index (χ4v) is 1.81. The first-order valence-electron chi connectivity index (χ1n) is 4.74. The molecule has 0 atom stereocenters. The number of nitrogen functional groups attached to an aromatic ring is 1. The van der Waals surface area contributed by atoms with Gasteiger partial charge in [-0.15, -0.1) is 0 Å². The number of anilines is 1. The molecule has 1 aromatic carbocycles. The number of rotatable bonds is 0. The van der Waals surface area contributed by atoms with E-state index < -0.39 is 0 Å². The van der Waals surface area contributed by atoms with E-state index in [9.17, 15) is 0 Å². The van der Waals surface area contributed by atoms with Gasteiger partial charge in [0.05, 0.1) is 11.0 Å². The zero-order valence-corrected chi connectivity index (χ0v) is 8.01. The van der Waals surface area contributed by atoms with Gasteiger partial charge in [0.25, 0.3) is 0 Å². The summed E-state index contributed by atoms with van der Waals surface area (Å²) in [5, 5.41) is 2.03. The van der Waals surface area contributed by atoms with Crippen molar-refractivity contribution in [3.05, 3.63) is 42.7 Å². The molecule has 0 unspecified atom stereocenters. The van der Waals surface area contributed by atoms with Crippen molar-refractivity contribution in [2.45, 2.75) is 0 Å². The third-order valence-electron chi connectivity index (χ3n) is 2.51. The van der Waals surface area contributed by atoms with Gasteiger partial charge in [0.15, 0.2) is 0 Å². The van der Waals surface area contributed by atoms with Crippen LogP contribution in [0.5, 0.6) is 0 Å². The molecule has 2 heterocycles. The van der Waals surface area contributed by atoms with E-state index in [1.54, 1.807) is 18.5 Å². The molecule has 3 nitrogen and oxygen atoms in total. The SMILES string of the molecule is Nc1ccnc2ccc3cccnc3c12. The van der Waals surface area contributed by atoms with E-state index in [1.165, 1.54) is 0 Å². The Morgan fingerprint density at radius 3 is 2.80 bits per heavy atom. The van der Waals surface area contributed by atoms with Crippen LogP contribution in [0.2, 0.25) is 0 Å². The Labute approximate surface area is 86.6 Å². The van der Waals surface area contributed by atoms with E-state index in [0.29, 0.717) is 0 Å². The molecule has 0 radical (unpaired) electrons. The Morgan fingerprint density at radius 2 is 1.87 bits per heavy atom. The van der Waals surface area contributed by atoms with Gasteiger partial charge in [0.2, 0.25) is 0 Å². The second kappa shape index (κ2) is 2.92. The van der Waals surface area contributed by atoms with Gasteiger partial charge in [-0.2, -0.15) is 0 Å². The maximum Gasteiger partial charge on any atom is 0.0816 e. The highest BCUT2D eigenvalue weighted by Gasteiger charge is 2.04. The van der Waals surface area contributed by atoms with Crippen molar-refractivity contribution >= 4 is 27.5 Å². The van der Waals surface area contributed by atoms with Gasteiger partial charge < -0.3 is 5.73 Å². The molecule has 15 heavy (non-hydrogen) atoms. The van der Waals surface area contributed by atoms with E-state index >= 15 is 0 Å². The second-order valence-electron chi connectivity index (χ2n) is 3.43. The molecule has 0 aliphatic carbocycles. The molecule has 0 spiro atoms. The van der Waals surface area contributed by atoms with Crippen LogP contribution < -0.4 is 5.73 Å². The highest BCUT2D eigenvalue weighted by molar-refractivity contribution is 6.09. The summed E-state index contributed by atoms with van der Waals surface area (Å²) in [6.45, 7) is 0.